The van der Waals surface area contributed by atoms with Gasteiger partial charge in [-0.05, 0) is 46.1 Å². The van der Waals surface area contributed by atoms with Crippen LogP contribution in [-0.4, -0.2) is 7.05 Å². The topological polar surface area (TPSA) is 3.24 Å². The third-order valence-electron chi connectivity index (χ3n) is 3.12. The van der Waals surface area contributed by atoms with Crippen LogP contribution in [0.3, 0.4) is 0 Å². The number of halogens is 2. The molecule has 0 radical (unpaired) electrons. The molecule has 0 fully saturated rings. The Kier molecular flexibility index (Phi) is 5.06. The highest BCUT2D eigenvalue weighted by Gasteiger charge is 2.07. The number of nitrogens with zero attached hydrogens (tertiary/aromatic N) is 1. The number of rotatable bonds is 4. The summed E-state index contributed by atoms with van der Waals surface area (Å²) in [5.74, 6) is 0. The van der Waals surface area contributed by atoms with E-state index in [2.05, 4.69) is 93.2 Å². The highest BCUT2D eigenvalue weighted by molar-refractivity contribution is 9.10. The molecule has 0 spiro atoms. The number of benzene rings is 2. The van der Waals surface area contributed by atoms with Gasteiger partial charge in [-0.2, -0.15) is 0 Å². The third-order valence-corrected chi connectivity index (χ3v) is 4.40. The van der Waals surface area contributed by atoms with E-state index in [1.807, 2.05) is 0 Å². The van der Waals surface area contributed by atoms with Crippen LogP contribution in [-0.2, 0) is 11.9 Å². The Morgan fingerprint density at radius 3 is 2.21 bits per heavy atom. The Labute approximate surface area is 131 Å². The molecule has 1 nitrogen and oxygen atoms in total. The van der Waals surface area contributed by atoms with Gasteiger partial charge < -0.3 is 4.90 Å². The molecule has 0 unspecified atom stereocenters. The zero-order valence-electron chi connectivity index (χ0n) is 11.2. The van der Waals surface area contributed by atoms with Crippen LogP contribution >= 0.6 is 31.9 Å². The smallest absolute Gasteiger partial charge is 0.0511 e. The van der Waals surface area contributed by atoms with Crippen molar-refractivity contribution < 1.29 is 0 Å². The lowest BCUT2D eigenvalue weighted by atomic mass is 10.1. The minimum absolute atomic E-state index is 0.882. The molecular formula is C16H17Br2N. The highest BCUT2D eigenvalue weighted by Crippen LogP contribution is 2.28. The monoisotopic (exact) mass is 381 g/mol. The normalized spacial score (nSPS) is 10.5. The molecule has 2 aromatic carbocycles. The second-order valence-corrected chi connectivity index (χ2v) is 6.18. The van der Waals surface area contributed by atoms with Crippen LogP contribution in [0, 0.1) is 6.92 Å². The van der Waals surface area contributed by atoms with Gasteiger partial charge in [0, 0.05) is 23.4 Å². The number of aryl methyl sites for hydroxylation is 1. The van der Waals surface area contributed by atoms with Gasteiger partial charge in [-0.1, -0.05) is 51.8 Å². The predicted octanol–water partition coefficient (Wildman–Crippen LogP) is 5.29. The molecule has 0 atom stereocenters. The van der Waals surface area contributed by atoms with E-state index in [0.717, 1.165) is 16.3 Å². The van der Waals surface area contributed by atoms with Crippen LogP contribution in [0.4, 0.5) is 5.69 Å². The Morgan fingerprint density at radius 2 is 1.63 bits per heavy atom. The molecular weight excluding hydrogens is 366 g/mol. The third kappa shape index (κ3) is 3.83. The molecule has 0 saturated heterocycles. The maximum Gasteiger partial charge on any atom is 0.0511 e. The standard InChI is InChI=1S/C16H17Br2N/c1-12-3-5-13(6-4-12)11-19(2)16-8-7-14(10-17)9-15(16)18/h3-9H,10-11H2,1-2H3. The minimum atomic E-state index is 0.882. The molecule has 100 valence electrons. The lowest BCUT2D eigenvalue weighted by molar-refractivity contribution is 0.919. The van der Waals surface area contributed by atoms with Crippen LogP contribution in [0.25, 0.3) is 0 Å². The summed E-state index contributed by atoms with van der Waals surface area (Å²) in [6.45, 7) is 3.02. The maximum absolute atomic E-state index is 3.65. The number of anilines is 1. The van der Waals surface area contributed by atoms with Crippen molar-refractivity contribution in [3.8, 4) is 0 Å². The Balaban J connectivity index is 2.15. The van der Waals surface area contributed by atoms with Gasteiger partial charge in [-0.25, -0.2) is 0 Å². The second kappa shape index (κ2) is 6.58. The Hall–Kier alpha value is -0.800. The van der Waals surface area contributed by atoms with Gasteiger partial charge in [0.05, 0.1) is 5.69 Å². The van der Waals surface area contributed by atoms with E-state index in [0.29, 0.717) is 0 Å². The van der Waals surface area contributed by atoms with E-state index >= 15 is 0 Å². The molecule has 0 amide bonds. The van der Waals surface area contributed by atoms with Crippen LogP contribution in [0.1, 0.15) is 16.7 Å². The molecule has 0 bridgehead atoms. The molecule has 0 N–H and O–H groups in total. The highest BCUT2D eigenvalue weighted by atomic mass is 79.9. The van der Waals surface area contributed by atoms with Crippen molar-refractivity contribution in [3.05, 3.63) is 63.6 Å². The van der Waals surface area contributed by atoms with Crippen LogP contribution in [0.15, 0.2) is 46.9 Å². The quantitative estimate of drug-likeness (QED) is 0.649. The van der Waals surface area contributed by atoms with Gasteiger partial charge in [0.1, 0.15) is 0 Å². The summed E-state index contributed by atoms with van der Waals surface area (Å²) in [5, 5.41) is 0.882. The van der Waals surface area contributed by atoms with Crippen molar-refractivity contribution in [1.29, 1.82) is 0 Å². The van der Waals surface area contributed by atoms with Crippen LogP contribution in [0.2, 0.25) is 0 Å². The summed E-state index contributed by atoms with van der Waals surface area (Å²) >= 11 is 7.13. The summed E-state index contributed by atoms with van der Waals surface area (Å²) in [4.78, 5) is 2.26. The molecule has 2 rings (SSSR count). The van der Waals surface area contributed by atoms with Crippen molar-refractivity contribution in [2.75, 3.05) is 11.9 Å². The van der Waals surface area contributed by atoms with Crippen molar-refractivity contribution in [2.24, 2.45) is 0 Å². The Bertz CT molecular complexity index is 549. The van der Waals surface area contributed by atoms with Crippen molar-refractivity contribution in [3.63, 3.8) is 0 Å². The summed E-state index contributed by atoms with van der Waals surface area (Å²) < 4.78 is 1.14. The molecule has 19 heavy (non-hydrogen) atoms. The number of alkyl halides is 1. The molecule has 0 aromatic heterocycles. The van der Waals surface area contributed by atoms with E-state index in [9.17, 15) is 0 Å². The first kappa shape index (κ1) is 14.6. The van der Waals surface area contributed by atoms with Crippen molar-refractivity contribution >= 4 is 37.5 Å². The molecule has 0 saturated carbocycles. The first-order valence-electron chi connectivity index (χ1n) is 6.21. The van der Waals surface area contributed by atoms with Gasteiger partial charge in [-0.15, -0.1) is 0 Å². The van der Waals surface area contributed by atoms with Gasteiger partial charge >= 0.3 is 0 Å². The summed E-state index contributed by atoms with van der Waals surface area (Å²) in [6.07, 6.45) is 0. The van der Waals surface area contributed by atoms with E-state index in [1.165, 1.54) is 22.4 Å². The summed E-state index contributed by atoms with van der Waals surface area (Å²) in [6, 6.07) is 15.2. The fourth-order valence-corrected chi connectivity index (χ4v) is 3.07. The molecule has 0 heterocycles. The summed E-state index contributed by atoms with van der Waals surface area (Å²) in [7, 11) is 2.12. The van der Waals surface area contributed by atoms with Crippen molar-refractivity contribution in [2.45, 2.75) is 18.8 Å². The van der Waals surface area contributed by atoms with Crippen LogP contribution in [0.5, 0.6) is 0 Å². The van der Waals surface area contributed by atoms with E-state index in [4.69, 9.17) is 0 Å². The van der Waals surface area contributed by atoms with E-state index in [1.54, 1.807) is 0 Å². The predicted molar refractivity (Wildman–Crippen MR) is 90.1 cm³/mol. The van der Waals surface area contributed by atoms with Gasteiger partial charge in [-0.3, -0.25) is 0 Å². The van der Waals surface area contributed by atoms with Crippen LogP contribution < -0.4 is 4.90 Å². The average Bonchev–Trinajstić information content (AvgIpc) is 2.41. The first-order chi connectivity index (χ1) is 9.10. The Morgan fingerprint density at radius 1 is 1.00 bits per heavy atom. The zero-order chi connectivity index (χ0) is 13.8. The largest absolute Gasteiger partial charge is 0.369 e. The molecule has 3 heteroatoms. The molecule has 0 aliphatic rings. The molecule has 0 aliphatic heterocycles. The van der Waals surface area contributed by atoms with Crippen molar-refractivity contribution in [1.82, 2.24) is 0 Å². The van der Waals surface area contributed by atoms with Gasteiger partial charge in [0.15, 0.2) is 0 Å². The van der Waals surface area contributed by atoms with E-state index < -0.39 is 0 Å². The lowest BCUT2D eigenvalue weighted by Gasteiger charge is -2.21. The minimum Gasteiger partial charge on any atom is -0.369 e. The molecule has 2 aromatic rings. The van der Waals surface area contributed by atoms with Gasteiger partial charge in [0.2, 0.25) is 0 Å². The summed E-state index contributed by atoms with van der Waals surface area (Å²) in [5.41, 5.74) is 5.11. The fourth-order valence-electron chi connectivity index (χ4n) is 2.00. The second-order valence-electron chi connectivity index (χ2n) is 4.76. The fraction of sp³-hybridized carbons (Fsp3) is 0.250. The lowest BCUT2D eigenvalue weighted by Crippen LogP contribution is -2.16. The number of hydrogen-bond acceptors (Lipinski definition) is 1. The SMILES string of the molecule is Cc1ccc(CN(C)c2ccc(CBr)cc2Br)cc1. The zero-order valence-corrected chi connectivity index (χ0v) is 14.3. The van der Waals surface area contributed by atoms with E-state index in [-0.39, 0.29) is 0 Å². The average molecular weight is 383 g/mol. The maximum atomic E-state index is 3.65. The van der Waals surface area contributed by atoms with Gasteiger partial charge in [0.25, 0.3) is 0 Å². The first-order valence-corrected chi connectivity index (χ1v) is 8.12. The molecule has 0 aliphatic carbocycles. The number of hydrogen-bond donors (Lipinski definition) is 0.